The molecule has 0 radical (unpaired) electrons. The van der Waals surface area contributed by atoms with Crippen LogP contribution in [-0.4, -0.2) is 43.9 Å². The first-order chi connectivity index (χ1) is 9.59. The van der Waals surface area contributed by atoms with Crippen LogP contribution in [0.4, 0.5) is 5.69 Å². The van der Waals surface area contributed by atoms with Gasteiger partial charge in [0.05, 0.1) is 13.2 Å². The van der Waals surface area contributed by atoms with Crippen molar-refractivity contribution in [2.45, 2.75) is 6.10 Å². The van der Waals surface area contributed by atoms with Crippen molar-refractivity contribution in [3.05, 3.63) is 42.0 Å². The molecule has 0 aliphatic heterocycles. The molecular weight excluding hydrogens is 288 g/mol. The summed E-state index contributed by atoms with van der Waals surface area (Å²) in [5.74, 6) is 0. The van der Waals surface area contributed by atoms with Crippen molar-refractivity contribution < 1.29 is 9.84 Å². The minimum atomic E-state index is -0.662. The van der Waals surface area contributed by atoms with E-state index in [1.54, 1.807) is 0 Å². The quantitative estimate of drug-likeness (QED) is 0.635. The highest BCUT2D eigenvalue weighted by Gasteiger charge is 2.13. The maximum atomic E-state index is 10.3. The van der Waals surface area contributed by atoms with Gasteiger partial charge in [-0.3, -0.25) is 0 Å². The number of ether oxygens (including phenoxy) is 1. The largest absolute Gasteiger partial charge is 0.398 e. The monoisotopic (exact) mass is 310 g/mol. The third kappa shape index (κ3) is 4.58. The van der Waals surface area contributed by atoms with Crippen LogP contribution >= 0.6 is 12.4 Å². The number of likely N-dealkylation sites (N-methyl/N-ethyl adjacent to an activating group) is 1. The smallest absolute Gasteiger partial charge is 0.103 e. The molecule has 0 bridgehead atoms. The molecule has 3 N–H and O–H groups in total. The van der Waals surface area contributed by atoms with Gasteiger partial charge in [-0.15, -0.1) is 12.4 Å². The van der Waals surface area contributed by atoms with Crippen molar-refractivity contribution in [3.63, 3.8) is 0 Å². The van der Waals surface area contributed by atoms with Crippen molar-refractivity contribution in [2.24, 2.45) is 0 Å². The molecule has 0 aliphatic carbocycles. The molecule has 2 aromatic carbocycles. The first kappa shape index (κ1) is 17.7. The minimum Gasteiger partial charge on any atom is -0.398 e. The van der Waals surface area contributed by atoms with Gasteiger partial charge in [-0.2, -0.15) is 0 Å². The number of halogens is 1. The molecule has 0 aliphatic rings. The van der Waals surface area contributed by atoms with E-state index in [9.17, 15) is 5.11 Å². The molecule has 0 spiro atoms. The molecule has 0 aromatic heterocycles. The zero-order valence-electron chi connectivity index (χ0n) is 12.5. The van der Waals surface area contributed by atoms with Gasteiger partial charge in [-0.05, 0) is 31.1 Å². The molecule has 2 aromatic rings. The Morgan fingerprint density at radius 2 is 1.86 bits per heavy atom. The highest BCUT2D eigenvalue weighted by molar-refractivity contribution is 5.95. The van der Waals surface area contributed by atoms with E-state index in [1.807, 2.05) is 55.4 Å². The lowest BCUT2D eigenvalue weighted by molar-refractivity contribution is 0.0313. The predicted molar refractivity (Wildman–Crippen MR) is 89.9 cm³/mol. The highest BCUT2D eigenvalue weighted by Crippen LogP contribution is 2.29. The molecule has 1 unspecified atom stereocenters. The number of nitrogens with zero attached hydrogens (tertiary/aromatic N) is 1. The van der Waals surface area contributed by atoms with Gasteiger partial charge in [0, 0.05) is 17.6 Å². The molecule has 1 atom stereocenters. The Morgan fingerprint density at radius 1 is 1.19 bits per heavy atom. The third-order valence-electron chi connectivity index (χ3n) is 3.29. The predicted octanol–water partition coefficient (Wildman–Crippen LogP) is 2.46. The lowest BCUT2D eigenvalue weighted by Crippen LogP contribution is -2.19. The summed E-state index contributed by atoms with van der Waals surface area (Å²) in [6.45, 7) is 1.72. The van der Waals surface area contributed by atoms with Crippen LogP contribution in [0.15, 0.2) is 36.4 Å². The fourth-order valence-electron chi connectivity index (χ4n) is 2.21. The number of hydrogen-bond acceptors (Lipinski definition) is 4. The van der Waals surface area contributed by atoms with E-state index < -0.39 is 6.10 Å². The van der Waals surface area contributed by atoms with Crippen molar-refractivity contribution >= 4 is 28.9 Å². The Kier molecular flexibility index (Phi) is 6.92. The van der Waals surface area contributed by atoms with E-state index in [2.05, 4.69) is 0 Å². The van der Waals surface area contributed by atoms with Crippen molar-refractivity contribution in [1.29, 1.82) is 0 Å². The molecule has 5 heteroatoms. The summed E-state index contributed by atoms with van der Waals surface area (Å²) in [5, 5.41) is 12.3. The van der Waals surface area contributed by atoms with E-state index >= 15 is 0 Å². The number of anilines is 1. The van der Waals surface area contributed by atoms with Gasteiger partial charge in [-0.25, -0.2) is 0 Å². The molecular formula is C16H23ClN2O2. The zero-order chi connectivity index (χ0) is 14.5. The average Bonchev–Trinajstić information content (AvgIpc) is 2.43. The van der Waals surface area contributed by atoms with E-state index in [-0.39, 0.29) is 19.0 Å². The van der Waals surface area contributed by atoms with Gasteiger partial charge in [0.15, 0.2) is 0 Å². The standard InChI is InChI=1S/C16H22N2O2.ClH/c1-18(2)9-10-20-11-15(19)13-7-3-5-12-6-4-8-14(17)16(12)13;/h3-8,15,19H,9-11,17H2,1-2H3;1H. The molecule has 0 saturated carbocycles. The summed E-state index contributed by atoms with van der Waals surface area (Å²) in [7, 11) is 3.98. The molecule has 4 nitrogen and oxygen atoms in total. The van der Waals surface area contributed by atoms with Crippen molar-refractivity contribution in [1.82, 2.24) is 4.90 Å². The van der Waals surface area contributed by atoms with Crippen LogP contribution in [0.3, 0.4) is 0 Å². The lowest BCUT2D eigenvalue weighted by atomic mass is 9.99. The first-order valence-electron chi connectivity index (χ1n) is 6.77. The van der Waals surface area contributed by atoms with Gasteiger partial charge < -0.3 is 20.5 Å². The van der Waals surface area contributed by atoms with Crippen LogP contribution in [0.1, 0.15) is 11.7 Å². The Bertz CT molecular complexity index is 570. The van der Waals surface area contributed by atoms with Gasteiger partial charge in [-0.1, -0.05) is 30.3 Å². The maximum Gasteiger partial charge on any atom is 0.103 e. The summed E-state index contributed by atoms with van der Waals surface area (Å²) in [6.07, 6.45) is -0.662. The first-order valence-corrected chi connectivity index (χ1v) is 6.77. The van der Waals surface area contributed by atoms with Gasteiger partial charge in [0.25, 0.3) is 0 Å². The summed E-state index contributed by atoms with van der Waals surface area (Å²) >= 11 is 0. The lowest BCUT2D eigenvalue weighted by Gasteiger charge is -2.16. The Balaban J connectivity index is 0.00000220. The maximum absolute atomic E-state index is 10.3. The zero-order valence-corrected chi connectivity index (χ0v) is 13.3. The van der Waals surface area contributed by atoms with Gasteiger partial charge in [0.1, 0.15) is 6.10 Å². The van der Waals surface area contributed by atoms with Crippen LogP contribution < -0.4 is 5.73 Å². The summed E-state index contributed by atoms with van der Waals surface area (Å²) in [5.41, 5.74) is 7.54. The molecule has 0 heterocycles. The topological polar surface area (TPSA) is 58.7 Å². The summed E-state index contributed by atoms with van der Waals surface area (Å²) < 4.78 is 5.52. The van der Waals surface area contributed by atoms with Crippen LogP contribution in [-0.2, 0) is 4.74 Å². The van der Waals surface area contributed by atoms with Crippen LogP contribution in [0.2, 0.25) is 0 Å². The molecule has 0 amide bonds. The molecule has 21 heavy (non-hydrogen) atoms. The normalized spacial score (nSPS) is 12.4. The fourth-order valence-corrected chi connectivity index (χ4v) is 2.21. The van der Waals surface area contributed by atoms with Gasteiger partial charge >= 0.3 is 0 Å². The third-order valence-corrected chi connectivity index (χ3v) is 3.29. The number of aliphatic hydroxyl groups is 1. The van der Waals surface area contributed by atoms with Crippen LogP contribution in [0.25, 0.3) is 10.8 Å². The van der Waals surface area contributed by atoms with Crippen molar-refractivity contribution in [3.8, 4) is 0 Å². The van der Waals surface area contributed by atoms with Gasteiger partial charge in [0.2, 0.25) is 0 Å². The number of benzene rings is 2. The second-order valence-corrected chi connectivity index (χ2v) is 5.19. The Morgan fingerprint density at radius 3 is 2.52 bits per heavy atom. The molecule has 2 rings (SSSR count). The average molecular weight is 311 g/mol. The number of fused-ring (bicyclic) bond motifs is 1. The SMILES string of the molecule is CN(C)CCOCC(O)c1cccc2cccc(N)c12.Cl. The molecule has 116 valence electrons. The Hall–Kier alpha value is -1.33. The van der Waals surface area contributed by atoms with Crippen LogP contribution in [0, 0.1) is 0 Å². The number of nitrogens with two attached hydrogens (primary N) is 1. The molecule has 0 fully saturated rings. The highest BCUT2D eigenvalue weighted by atomic mass is 35.5. The van der Waals surface area contributed by atoms with Crippen molar-refractivity contribution in [2.75, 3.05) is 39.6 Å². The second kappa shape index (κ2) is 8.20. The molecule has 0 saturated heterocycles. The van der Waals surface area contributed by atoms with E-state index in [4.69, 9.17) is 10.5 Å². The summed E-state index contributed by atoms with van der Waals surface area (Å²) in [6, 6.07) is 11.6. The summed E-state index contributed by atoms with van der Waals surface area (Å²) in [4.78, 5) is 2.04. The van der Waals surface area contributed by atoms with Crippen LogP contribution in [0.5, 0.6) is 0 Å². The minimum absolute atomic E-state index is 0. The number of aliphatic hydroxyl groups excluding tert-OH is 1. The number of nitrogen functional groups attached to an aromatic ring is 1. The number of rotatable bonds is 6. The van der Waals surface area contributed by atoms with E-state index in [0.717, 1.165) is 22.9 Å². The second-order valence-electron chi connectivity index (χ2n) is 5.19. The number of hydrogen-bond donors (Lipinski definition) is 2. The fraction of sp³-hybridized carbons (Fsp3) is 0.375. The Labute approximate surface area is 131 Å². The van der Waals surface area contributed by atoms with E-state index in [0.29, 0.717) is 12.3 Å². The van der Waals surface area contributed by atoms with E-state index in [1.165, 1.54) is 0 Å².